The Bertz CT molecular complexity index is 1150. The van der Waals surface area contributed by atoms with Crippen molar-refractivity contribution in [2.75, 3.05) is 13.7 Å². The second-order valence-electron chi connectivity index (χ2n) is 8.65. The number of fused-ring (bicyclic) bond motifs is 1. The Kier molecular flexibility index (Phi) is 7.82. The zero-order valence-electron chi connectivity index (χ0n) is 19.0. The van der Waals surface area contributed by atoms with Crippen molar-refractivity contribution in [1.29, 1.82) is 0 Å². The molecule has 2 atom stereocenters. The molecule has 2 aromatic heterocycles. The lowest BCUT2D eigenvalue weighted by molar-refractivity contribution is -0.0300. The molecule has 1 aromatic carbocycles. The Morgan fingerprint density at radius 1 is 1.12 bits per heavy atom. The van der Waals surface area contributed by atoms with E-state index >= 15 is 0 Å². The lowest BCUT2D eigenvalue weighted by Crippen LogP contribution is -2.37. The van der Waals surface area contributed by atoms with Crippen LogP contribution in [0.25, 0.3) is 17.1 Å². The molecule has 1 aliphatic rings. The number of nitrogens with one attached hydrogen (secondary N) is 1. The standard InChI is InChI=1S/C26H29F2N3O3/c1-34-23-11-10-22-24(31-23)20(12-14-30-22)26(33)25(32)16-4-7-19(8-5-16)29-13-2-3-17-15-18(27)6-9-21(17)28/h2-3,6,9-12,14-16,19,25-26,29,32-33H,4-5,7-8,13H2,1H3/b3-2+/t16-,19-,25-,26-/m1/s1. The van der Waals surface area contributed by atoms with E-state index in [-0.39, 0.29) is 17.5 Å². The summed E-state index contributed by atoms with van der Waals surface area (Å²) in [4.78, 5) is 8.69. The van der Waals surface area contributed by atoms with Crippen LogP contribution in [0, 0.1) is 17.6 Å². The van der Waals surface area contributed by atoms with Crippen molar-refractivity contribution in [2.24, 2.45) is 5.92 Å². The van der Waals surface area contributed by atoms with Gasteiger partial charge < -0.3 is 20.3 Å². The van der Waals surface area contributed by atoms with Crippen LogP contribution in [0.3, 0.4) is 0 Å². The number of rotatable bonds is 8. The van der Waals surface area contributed by atoms with Gasteiger partial charge in [0.2, 0.25) is 5.88 Å². The highest BCUT2D eigenvalue weighted by molar-refractivity contribution is 5.78. The summed E-state index contributed by atoms with van der Waals surface area (Å²) in [6.45, 7) is 0.535. The minimum atomic E-state index is -1.08. The zero-order chi connectivity index (χ0) is 24.1. The van der Waals surface area contributed by atoms with Crippen LogP contribution in [-0.4, -0.2) is 46.0 Å². The maximum Gasteiger partial charge on any atom is 0.213 e. The first-order valence-corrected chi connectivity index (χ1v) is 11.5. The number of aromatic nitrogens is 2. The van der Waals surface area contributed by atoms with Crippen LogP contribution in [0.1, 0.15) is 42.9 Å². The molecule has 1 aliphatic carbocycles. The van der Waals surface area contributed by atoms with Crippen LogP contribution < -0.4 is 10.1 Å². The van der Waals surface area contributed by atoms with E-state index in [1.165, 1.54) is 13.2 Å². The van der Waals surface area contributed by atoms with Crippen LogP contribution in [0.5, 0.6) is 5.88 Å². The molecule has 3 aromatic rings. The first kappa shape index (κ1) is 24.2. The van der Waals surface area contributed by atoms with E-state index in [9.17, 15) is 19.0 Å². The Morgan fingerprint density at radius 3 is 2.68 bits per heavy atom. The van der Waals surface area contributed by atoms with E-state index in [0.29, 0.717) is 29.0 Å². The average molecular weight is 470 g/mol. The molecule has 0 saturated heterocycles. The van der Waals surface area contributed by atoms with E-state index in [4.69, 9.17) is 4.74 Å². The molecular formula is C26H29F2N3O3. The number of aliphatic hydroxyl groups is 2. The fraction of sp³-hybridized carbons (Fsp3) is 0.385. The van der Waals surface area contributed by atoms with Gasteiger partial charge in [-0.15, -0.1) is 0 Å². The maximum atomic E-state index is 13.7. The lowest BCUT2D eigenvalue weighted by atomic mass is 9.80. The summed E-state index contributed by atoms with van der Waals surface area (Å²) in [6, 6.07) is 8.81. The summed E-state index contributed by atoms with van der Waals surface area (Å²) in [6.07, 6.45) is 6.16. The highest BCUT2D eigenvalue weighted by atomic mass is 19.1. The zero-order valence-corrected chi connectivity index (χ0v) is 19.0. The molecule has 2 heterocycles. The SMILES string of the molecule is COc1ccc2nccc([C@@H](O)[C@H](O)[C@H]3CC[C@H](NC/C=C/c4cc(F)ccc4F)CC3)c2n1. The molecule has 180 valence electrons. The van der Waals surface area contributed by atoms with E-state index < -0.39 is 23.8 Å². The van der Waals surface area contributed by atoms with Gasteiger partial charge in [-0.25, -0.2) is 13.8 Å². The molecule has 6 nitrogen and oxygen atoms in total. The fourth-order valence-corrected chi connectivity index (χ4v) is 4.55. The van der Waals surface area contributed by atoms with Gasteiger partial charge in [-0.2, -0.15) is 0 Å². The highest BCUT2D eigenvalue weighted by Crippen LogP contribution is 2.34. The molecule has 0 unspecified atom stereocenters. The number of hydrogen-bond acceptors (Lipinski definition) is 6. The number of ether oxygens (including phenoxy) is 1. The topological polar surface area (TPSA) is 87.5 Å². The van der Waals surface area contributed by atoms with Gasteiger partial charge in [0.05, 0.1) is 24.2 Å². The molecular weight excluding hydrogens is 440 g/mol. The number of methoxy groups -OCH3 is 1. The van der Waals surface area contributed by atoms with Crippen molar-refractivity contribution in [3.63, 3.8) is 0 Å². The minimum Gasteiger partial charge on any atom is -0.481 e. The summed E-state index contributed by atoms with van der Waals surface area (Å²) in [7, 11) is 1.53. The summed E-state index contributed by atoms with van der Waals surface area (Å²) >= 11 is 0. The number of halogens is 2. The molecule has 1 fully saturated rings. The Balaban J connectivity index is 1.31. The van der Waals surface area contributed by atoms with Gasteiger partial charge in [0.1, 0.15) is 17.7 Å². The first-order valence-electron chi connectivity index (χ1n) is 11.5. The third-order valence-corrected chi connectivity index (χ3v) is 6.48. The summed E-state index contributed by atoms with van der Waals surface area (Å²) in [5.41, 5.74) is 1.90. The van der Waals surface area contributed by atoms with Gasteiger partial charge in [-0.3, -0.25) is 4.98 Å². The number of aliphatic hydroxyl groups excluding tert-OH is 2. The van der Waals surface area contributed by atoms with Crippen LogP contribution in [-0.2, 0) is 0 Å². The summed E-state index contributed by atoms with van der Waals surface area (Å²) < 4.78 is 32.1. The molecule has 4 rings (SSSR count). The molecule has 34 heavy (non-hydrogen) atoms. The second-order valence-corrected chi connectivity index (χ2v) is 8.65. The van der Waals surface area contributed by atoms with E-state index in [0.717, 1.165) is 37.8 Å². The van der Waals surface area contributed by atoms with Crippen molar-refractivity contribution in [3.8, 4) is 5.88 Å². The van der Waals surface area contributed by atoms with Gasteiger partial charge in [0.25, 0.3) is 0 Å². The Labute approximate surface area is 197 Å². The monoisotopic (exact) mass is 469 g/mol. The molecule has 3 N–H and O–H groups in total. The molecule has 0 aliphatic heterocycles. The summed E-state index contributed by atoms with van der Waals surface area (Å²) in [5.74, 6) is -0.549. The number of nitrogens with zero attached hydrogens (tertiary/aromatic N) is 2. The normalized spacial score (nSPS) is 20.5. The smallest absolute Gasteiger partial charge is 0.213 e. The van der Waals surface area contributed by atoms with Gasteiger partial charge >= 0.3 is 0 Å². The predicted molar refractivity (Wildman–Crippen MR) is 126 cm³/mol. The third-order valence-electron chi connectivity index (χ3n) is 6.48. The fourth-order valence-electron chi connectivity index (χ4n) is 4.55. The molecule has 1 saturated carbocycles. The van der Waals surface area contributed by atoms with Crippen molar-refractivity contribution >= 4 is 17.1 Å². The number of hydrogen-bond donors (Lipinski definition) is 3. The molecule has 0 bridgehead atoms. The van der Waals surface area contributed by atoms with Crippen LogP contribution in [0.4, 0.5) is 8.78 Å². The maximum absolute atomic E-state index is 13.7. The Morgan fingerprint density at radius 2 is 1.91 bits per heavy atom. The number of benzene rings is 1. The second kappa shape index (κ2) is 11.0. The van der Waals surface area contributed by atoms with Crippen molar-refractivity contribution in [3.05, 3.63) is 71.4 Å². The Hall–Kier alpha value is -2.94. The van der Waals surface area contributed by atoms with Crippen LogP contribution >= 0.6 is 0 Å². The lowest BCUT2D eigenvalue weighted by Gasteiger charge is -2.34. The van der Waals surface area contributed by atoms with Gasteiger partial charge in [-0.1, -0.05) is 12.2 Å². The number of pyridine rings is 2. The third kappa shape index (κ3) is 5.58. The molecule has 0 amide bonds. The van der Waals surface area contributed by atoms with Gasteiger partial charge in [0.15, 0.2) is 0 Å². The van der Waals surface area contributed by atoms with Gasteiger partial charge in [-0.05, 0) is 61.9 Å². The van der Waals surface area contributed by atoms with Crippen molar-refractivity contribution in [2.45, 2.75) is 43.9 Å². The molecule has 0 spiro atoms. The predicted octanol–water partition coefficient (Wildman–Crippen LogP) is 4.17. The average Bonchev–Trinajstić information content (AvgIpc) is 2.87. The van der Waals surface area contributed by atoms with Crippen LogP contribution in [0.2, 0.25) is 0 Å². The van der Waals surface area contributed by atoms with E-state index in [1.54, 1.807) is 36.5 Å². The molecule has 8 heteroatoms. The first-order chi connectivity index (χ1) is 16.5. The van der Waals surface area contributed by atoms with Gasteiger partial charge in [0, 0.05) is 36.0 Å². The highest BCUT2D eigenvalue weighted by Gasteiger charge is 2.32. The van der Waals surface area contributed by atoms with Crippen LogP contribution in [0.15, 0.2) is 48.7 Å². The van der Waals surface area contributed by atoms with E-state index in [1.807, 2.05) is 0 Å². The van der Waals surface area contributed by atoms with Crippen molar-refractivity contribution in [1.82, 2.24) is 15.3 Å². The quantitative estimate of drug-likeness (QED) is 0.459. The summed E-state index contributed by atoms with van der Waals surface area (Å²) in [5, 5.41) is 25.3. The largest absolute Gasteiger partial charge is 0.481 e. The van der Waals surface area contributed by atoms with Crippen molar-refractivity contribution < 1.29 is 23.7 Å². The molecule has 0 radical (unpaired) electrons. The van der Waals surface area contributed by atoms with E-state index in [2.05, 4.69) is 15.3 Å². The minimum absolute atomic E-state index is 0.0428.